The molecule has 2 aromatic rings. The SMILES string of the molecule is Cc1ccccc1Sc1cccc(C=O)c1. The number of hydrogen-bond donors (Lipinski definition) is 0. The summed E-state index contributed by atoms with van der Waals surface area (Å²) >= 11 is 1.68. The standard InChI is InChI=1S/C14H12OS/c1-11-5-2-3-8-14(11)16-13-7-4-6-12(9-13)10-15/h2-10H,1H3. The summed E-state index contributed by atoms with van der Waals surface area (Å²) in [5.41, 5.74) is 1.97. The van der Waals surface area contributed by atoms with Crippen molar-refractivity contribution < 1.29 is 4.79 Å². The van der Waals surface area contributed by atoms with Crippen LogP contribution < -0.4 is 0 Å². The molecule has 16 heavy (non-hydrogen) atoms. The fourth-order valence-corrected chi connectivity index (χ4v) is 2.42. The van der Waals surface area contributed by atoms with Crippen molar-refractivity contribution in [3.05, 3.63) is 59.7 Å². The van der Waals surface area contributed by atoms with E-state index in [-0.39, 0.29) is 0 Å². The number of rotatable bonds is 3. The molecule has 0 fully saturated rings. The van der Waals surface area contributed by atoms with E-state index in [0.29, 0.717) is 0 Å². The van der Waals surface area contributed by atoms with Crippen molar-refractivity contribution in [2.45, 2.75) is 16.7 Å². The lowest BCUT2D eigenvalue weighted by atomic mass is 10.2. The zero-order chi connectivity index (χ0) is 11.4. The van der Waals surface area contributed by atoms with Crippen LogP contribution in [0.15, 0.2) is 58.3 Å². The van der Waals surface area contributed by atoms with E-state index in [0.717, 1.165) is 16.7 Å². The van der Waals surface area contributed by atoms with Gasteiger partial charge in [-0.05, 0) is 30.7 Å². The van der Waals surface area contributed by atoms with Gasteiger partial charge in [0.15, 0.2) is 0 Å². The first kappa shape index (κ1) is 11.0. The highest BCUT2D eigenvalue weighted by Gasteiger charge is 2.00. The molecule has 0 saturated heterocycles. The van der Waals surface area contributed by atoms with Gasteiger partial charge in [-0.3, -0.25) is 4.79 Å². The molecule has 0 N–H and O–H groups in total. The first-order chi connectivity index (χ1) is 7.79. The summed E-state index contributed by atoms with van der Waals surface area (Å²) in [5, 5.41) is 0. The predicted molar refractivity (Wildman–Crippen MR) is 67.1 cm³/mol. The third-order valence-electron chi connectivity index (χ3n) is 2.32. The zero-order valence-electron chi connectivity index (χ0n) is 9.01. The van der Waals surface area contributed by atoms with Gasteiger partial charge in [-0.25, -0.2) is 0 Å². The van der Waals surface area contributed by atoms with Gasteiger partial charge in [0.1, 0.15) is 6.29 Å². The van der Waals surface area contributed by atoms with Gasteiger partial charge in [0, 0.05) is 15.4 Å². The second kappa shape index (κ2) is 4.99. The molecule has 2 heteroatoms. The van der Waals surface area contributed by atoms with Gasteiger partial charge in [-0.2, -0.15) is 0 Å². The van der Waals surface area contributed by atoms with Crippen LogP contribution in [0.1, 0.15) is 15.9 Å². The fraction of sp³-hybridized carbons (Fsp3) is 0.0714. The van der Waals surface area contributed by atoms with Crippen molar-refractivity contribution in [1.82, 2.24) is 0 Å². The van der Waals surface area contributed by atoms with Crippen LogP contribution in [0.4, 0.5) is 0 Å². The Hall–Kier alpha value is -1.54. The van der Waals surface area contributed by atoms with Crippen LogP contribution >= 0.6 is 11.8 Å². The third kappa shape index (κ3) is 2.52. The van der Waals surface area contributed by atoms with Crippen LogP contribution in [-0.2, 0) is 0 Å². The summed E-state index contributed by atoms with van der Waals surface area (Å²) in [6, 6.07) is 15.9. The molecule has 0 bridgehead atoms. The Morgan fingerprint density at radius 3 is 2.62 bits per heavy atom. The van der Waals surface area contributed by atoms with Gasteiger partial charge in [-0.15, -0.1) is 0 Å². The van der Waals surface area contributed by atoms with Crippen molar-refractivity contribution in [2.24, 2.45) is 0 Å². The van der Waals surface area contributed by atoms with Crippen molar-refractivity contribution in [2.75, 3.05) is 0 Å². The van der Waals surface area contributed by atoms with Crippen LogP contribution in [0.3, 0.4) is 0 Å². The normalized spacial score (nSPS) is 10.1. The van der Waals surface area contributed by atoms with Gasteiger partial charge in [0.2, 0.25) is 0 Å². The Bertz CT molecular complexity index is 506. The summed E-state index contributed by atoms with van der Waals surface area (Å²) in [7, 11) is 0. The van der Waals surface area contributed by atoms with E-state index in [9.17, 15) is 4.79 Å². The maximum Gasteiger partial charge on any atom is 0.150 e. The lowest BCUT2D eigenvalue weighted by molar-refractivity contribution is 0.112. The van der Waals surface area contributed by atoms with E-state index in [1.807, 2.05) is 36.4 Å². The number of hydrogen-bond acceptors (Lipinski definition) is 2. The Labute approximate surface area is 99.5 Å². The van der Waals surface area contributed by atoms with E-state index >= 15 is 0 Å². The molecule has 0 amide bonds. The third-order valence-corrected chi connectivity index (χ3v) is 3.48. The summed E-state index contributed by atoms with van der Waals surface area (Å²) in [4.78, 5) is 13.0. The van der Waals surface area contributed by atoms with Crippen molar-refractivity contribution in [3.8, 4) is 0 Å². The second-order valence-electron chi connectivity index (χ2n) is 3.56. The molecule has 0 radical (unpaired) electrons. The molecular weight excluding hydrogens is 216 g/mol. The molecule has 0 aliphatic rings. The Morgan fingerprint density at radius 2 is 1.88 bits per heavy atom. The minimum Gasteiger partial charge on any atom is -0.298 e. The summed E-state index contributed by atoms with van der Waals surface area (Å²) in [5.74, 6) is 0. The molecule has 1 nitrogen and oxygen atoms in total. The van der Waals surface area contributed by atoms with Gasteiger partial charge in [0.25, 0.3) is 0 Å². The Kier molecular flexibility index (Phi) is 3.42. The Balaban J connectivity index is 2.27. The molecule has 0 aromatic heterocycles. The van der Waals surface area contributed by atoms with Gasteiger partial charge >= 0.3 is 0 Å². The van der Waals surface area contributed by atoms with Gasteiger partial charge in [-0.1, -0.05) is 42.1 Å². The lowest BCUT2D eigenvalue weighted by Gasteiger charge is -2.05. The minimum atomic E-state index is 0.721. The lowest BCUT2D eigenvalue weighted by Crippen LogP contribution is -1.81. The number of carbonyl (C=O) groups is 1. The molecular formula is C14H12OS. The van der Waals surface area contributed by atoms with E-state index in [4.69, 9.17) is 0 Å². The topological polar surface area (TPSA) is 17.1 Å². The molecule has 2 rings (SSSR count). The van der Waals surface area contributed by atoms with E-state index in [1.54, 1.807) is 11.8 Å². The molecule has 0 aliphatic carbocycles. The maximum absolute atomic E-state index is 10.7. The quantitative estimate of drug-likeness (QED) is 0.740. The van der Waals surface area contributed by atoms with Gasteiger partial charge in [0.05, 0.1) is 0 Å². The first-order valence-electron chi connectivity index (χ1n) is 5.08. The molecule has 2 aromatic carbocycles. The van der Waals surface area contributed by atoms with Crippen molar-refractivity contribution >= 4 is 18.0 Å². The number of aldehydes is 1. The molecule has 0 heterocycles. The molecule has 0 aliphatic heterocycles. The highest BCUT2D eigenvalue weighted by atomic mass is 32.2. The van der Waals surface area contributed by atoms with E-state index in [1.165, 1.54) is 10.5 Å². The summed E-state index contributed by atoms with van der Waals surface area (Å²) < 4.78 is 0. The Morgan fingerprint density at radius 1 is 1.06 bits per heavy atom. The van der Waals surface area contributed by atoms with Crippen LogP contribution in [0.5, 0.6) is 0 Å². The van der Waals surface area contributed by atoms with Crippen LogP contribution in [0.2, 0.25) is 0 Å². The van der Waals surface area contributed by atoms with Crippen LogP contribution in [-0.4, -0.2) is 6.29 Å². The number of aryl methyl sites for hydroxylation is 1. The predicted octanol–water partition coefficient (Wildman–Crippen LogP) is 3.96. The fourth-order valence-electron chi connectivity index (χ4n) is 1.45. The smallest absolute Gasteiger partial charge is 0.150 e. The molecule has 0 saturated carbocycles. The van der Waals surface area contributed by atoms with Crippen LogP contribution in [0.25, 0.3) is 0 Å². The maximum atomic E-state index is 10.7. The minimum absolute atomic E-state index is 0.721. The van der Waals surface area contributed by atoms with Gasteiger partial charge < -0.3 is 0 Å². The molecule has 0 spiro atoms. The number of benzene rings is 2. The molecule has 0 atom stereocenters. The van der Waals surface area contributed by atoms with Crippen molar-refractivity contribution in [3.63, 3.8) is 0 Å². The molecule has 0 unspecified atom stereocenters. The second-order valence-corrected chi connectivity index (χ2v) is 4.67. The summed E-state index contributed by atoms with van der Waals surface area (Å²) in [6.45, 7) is 2.09. The average Bonchev–Trinajstić information content (AvgIpc) is 2.32. The highest BCUT2D eigenvalue weighted by molar-refractivity contribution is 7.99. The van der Waals surface area contributed by atoms with E-state index < -0.39 is 0 Å². The largest absolute Gasteiger partial charge is 0.298 e. The van der Waals surface area contributed by atoms with Crippen LogP contribution in [0, 0.1) is 6.92 Å². The average molecular weight is 228 g/mol. The van der Waals surface area contributed by atoms with E-state index in [2.05, 4.69) is 19.1 Å². The number of carbonyl (C=O) groups excluding carboxylic acids is 1. The highest BCUT2D eigenvalue weighted by Crippen LogP contribution is 2.30. The first-order valence-corrected chi connectivity index (χ1v) is 5.90. The summed E-state index contributed by atoms with van der Waals surface area (Å²) in [6.07, 6.45) is 0.877. The monoisotopic (exact) mass is 228 g/mol. The zero-order valence-corrected chi connectivity index (χ0v) is 9.83. The molecule has 80 valence electrons. The van der Waals surface area contributed by atoms with Crippen molar-refractivity contribution in [1.29, 1.82) is 0 Å².